The van der Waals surface area contributed by atoms with Crippen LogP contribution in [0.25, 0.3) is 0 Å². The zero-order chi connectivity index (χ0) is 13.5. The molecule has 5 heteroatoms. The molecule has 0 aromatic heterocycles. The van der Waals surface area contributed by atoms with Gasteiger partial charge in [-0.15, -0.1) is 0 Å². The molecule has 0 spiro atoms. The van der Waals surface area contributed by atoms with Gasteiger partial charge in [-0.05, 0) is 39.0 Å². The summed E-state index contributed by atoms with van der Waals surface area (Å²) in [4.78, 5) is 14.1. The molecule has 0 fully saturated rings. The van der Waals surface area contributed by atoms with Crippen LogP contribution in [0.4, 0.5) is 5.69 Å². The molecule has 0 saturated heterocycles. The highest BCUT2D eigenvalue weighted by Crippen LogP contribution is 2.40. The van der Waals surface area contributed by atoms with Crippen molar-refractivity contribution in [2.24, 2.45) is 5.73 Å². The molecule has 1 aromatic carbocycles. The fourth-order valence-corrected chi connectivity index (χ4v) is 2.19. The van der Waals surface area contributed by atoms with Crippen molar-refractivity contribution in [1.29, 1.82) is 0 Å². The Labute approximate surface area is 112 Å². The van der Waals surface area contributed by atoms with Crippen molar-refractivity contribution in [1.82, 2.24) is 0 Å². The third-order valence-electron chi connectivity index (χ3n) is 3.06. The van der Waals surface area contributed by atoms with E-state index in [4.69, 9.17) is 22.1 Å². The Morgan fingerprint density at radius 3 is 2.78 bits per heavy atom. The lowest BCUT2D eigenvalue weighted by atomic mass is 10.0. The van der Waals surface area contributed by atoms with Gasteiger partial charge in [-0.3, -0.25) is 4.79 Å². The third-order valence-corrected chi connectivity index (χ3v) is 3.30. The van der Waals surface area contributed by atoms with Crippen molar-refractivity contribution in [3.63, 3.8) is 0 Å². The standard InChI is InChI=1S/C13H17ClN2O2/c1-8(7-15)16-10-6-9(14)4-5-11(10)18-13(2,3)12(16)17/h4-6,8H,7,15H2,1-3H3. The fourth-order valence-electron chi connectivity index (χ4n) is 2.03. The number of ether oxygens (including phenoxy) is 1. The van der Waals surface area contributed by atoms with Crippen LogP contribution < -0.4 is 15.4 Å². The number of anilines is 1. The van der Waals surface area contributed by atoms with Gasteiger partial charge in [0.05, 0.1) is 5.69 Å². The van der Waals surface area contributed by atoms with Gasteiger partial charge in [0.15, 0.2) is 5.60 Å². The first-order valence-electron chi connectivity index (χ1n) is 5.89. The summed E-state index contributed by atoms with van der Waals surface area (Å²) in [7, 11) is 0. The number of fused-ring (bicyclic) bond motifs is 1. The second-order valence-corrected chi connectivity index (χ2v) is 5.42. The number of amides is 1. The van der Waals surface area contributed by atoms with E-state index in [9.17, 15) is 4.79 Å². The molecule has 1 aromatic rings. The van der Waals surface area contributed by atoms with Crippen molar-refractivity contribution in [2.45, 2.75) is 32.4 Å². The van der Waals surface area contributed by atoms with Crippen LogP contribution in [0.5, 0.6) is 5.75 Å². The van der Waals surface area contributed by atoms with Crippen LogP contribution in [0, 0.1) is 0 Å². The second kappa shape index (κ2) is 4.44. The summed E-state index contributed by atoms with van der Waals surface area (Å²) in [6.45, 7) is 5.80. The minimum absolute atomic E-state index is 0.0992. The molecule has 2 N–H and O–H groups in total. The number of hydrogen-bond donors (Lipinski definition) is 1. The van der Waals surface area contributed by atoms with Gasteiger partial charge < -0.3 is 15.4 Å². The van der Waals surface area contributed by atoms with Crippen molar-refractivity contribution in [3.8, 4) is 5.75 Å². The van der Waals surface area contributed by atoms with E-state index in [2.05, 4.69) is 0 Å². The molecule has 18 heavy (non-hydrogen) atoms. The summed E-state index contributed by atoms with van der Waals surface area (Å²) in [6, 6.07) is 5.16. The minimum atomic E-state index is -0.885. The summed E-state index contributed by atoms with van der Waals surface area (Å²) < 4.78 is 5.72. The average molecular weight is 269 g/mol. The van der Waals surface area contributed by atoms with E-state index >= 15 is 0 Å². The first-order chi connectivity index (χ1) is 8.36. The number of carbonyl (C=O) groups excluding carboxylic acids is 1. The molecule has 0 aliphatic carbocycles. The molecular formula is C13H17ClN2O2. The van der Waals surface area contributed by atoms with Crippen LogP contribution >= 0.6 is 11.6 Å². The maximum Gasteiger partial charge on any atom is 0.270 e. The van der Waals surface area contributed by atoms with Crippen molar-refractivity contribution < 1.29 is 9.53 Å². The molecule has 1 aliphatic rings. The highest BCUT2D eigenvalue weighted by atomic mass is 35.5. The zero-order valence-electron chi connectivity index (χ0n) is 10.7. The lowest BCUT2D eigenvalue weighted by molar-refractivity contribution is -0.133. The second-order valence-electron chi connectivity index (χ2n) is 4.98. The van der Waals surface area contributed by atoms with Crippen LogP contribution in [-0.4, -0.2) is 24.1 Å². The minimum Gasteiger partial charge on any atom is -0.476 e. The van der Waals surface area contributed by atoms with Crippen LogP contribution in [0.3, 0.4) is 0 Å². The predicted molar refractivity (Wildman–Crippen MR) is 72.2 cm³/mol. The Hall–Kier alpha value is -1.26. The van der Waals surface area contributed by atoms with Crippen LogP contribution in [0.1, 0.15) is 20.8 Å². The summed E-state index contributed by atoms with van der Waals surface area (Å²) in [5.41, 5.74) is 5.48. The number of nitrogens with zero attached hydrogens (tertiary/aromatic N) is 1. The Kier molecular flexibility index (Phi) is 3.25. The molecule has 1 heterocycles. The summed E-state index contributed by atoms with van der Waals surface area (Å²) >= 11 is 5.98. The van der Waals surface area contributed by atoms with Gasteiger partial charge in [-0.25, -0.2) is 0 Å². The SMILES string of the molecule is CC(CN)N1C(=O)C(C)(C)Oc2ccc(Cl)cc21. The van der Waals surface area contributed by atoms with Crippen molar-refractivity contribution >= 4 is 23.2 Å². The third kappa shape index (κ3) is 2.06. The van der Waals surface area contributed by atoms with Crippen molar-refractivity contribution in [2.75, 3.05) is 11.4 Å². The van der Waals surface area contributed by atoms with Gasteiger partial charge >= 0.3 is 0 Å². The predicted octanol–water partition coefficient (Wildman–Crippen LogP) is 2.19. The number of carbonyl (C=O) groups is 1. The van der Waals surface area contributed by atoms with Crippen molar-refractivity contribution in [3.05, 3.63) is 23.2 Å². The van der Waals surface area contributed by atoms with Crippen LogP contribution in [-0.2, 0) is 4.79 Å². The fraction of sp³-hybridized carbons (Fsp3) is 0.462. The Balaban J connectivity index is 2.56. The molecule has 2 rings (SSSR count). The maximum atomic E-state index is 12.4. The van der Waals surface area contributed by atoms with E-state index < -0.39 is 5.60 Å². The molecule has 1 aliphatic heterocycles. The average Bonchev–Trinajstić information content (AvgIpc) is 2.31. The summed E-state index contributed by atoms with van der Waals surface area (Å²) in [6.07, 6.45) is 0. The number of hydrogen-bond acceptors (Lipinski definition) is 3. The number of benzene rings is 1. The highest BCUT2D eigenvalue weighted by molar-refractivity contribution is 6.31. The van der Waals surface area contributed by atoms with Gasteiger partial charge in [-0.2, -0.15) is 0 Å². The molecule has 98 valence electrons. The summed E-state index contributed by atoms with van der Waals surface area (Å²) in [5.74, 6) is 0.555. The van der Waals surface area contributed by atoms with E-state index in [1.807, 2.05) is 6.92 Å². The molecule has 0 saturated carbocycles. The molecule has 1 amide bonds. The van der Waals surface area contributed by atoms with Gasteiger partial charge in [0.25, 0.3) is 5.91 Å². The number of nitrogens with two attached hydrogens (primary N) is 1. The lowest BCUT2D eigenvalue weighted by Crippen LogP contribution is -2.56. The summed E-state index contributed by atoms with van der Waals surface area (Å²) in [5, 5.41) is 0.569. The van der Waals surface area contributed by atoms with E-state index in [0.29, 0.717) is 23.0 Å². The monoisotopic (exact) mass is 268 g/mol. The van der Waals surface area contributed by atoms with Gasteiger partial charge in [0, 0.05) is 17.6 Å². The normalized spacial score (nSPS) is 19.2. The molecule has 0 radical (unpaired) electrons. The van der Waals surface area contributed by atoms with Gasteiger partial charge in [0.1, 0.15) is 5.75 Å². The first-order valence-corrected chi connectivity index (χ1v) is 6.27. The Morgan fingerprint density at radius 1 is 1.50 bits per heavy atom. The number of halogens is 1. The molecule has 1 unspecified atom stereocenters. The molecule has 1 atom stereocenters. The van der Waals surface area contributed by atoms with E-state index in [1.165, 1.54) is 0 Å². The zero-order valence-corrected chi connectivity index (χ0v) is 11.5. The van der Waals surface area contributed by atoms with Gasteiger partial charge in [-0.1, -0.05) is 11.6 Å². The highest BCUT2D eigenvalue weighted by Gasteiger charge is 2.42. The van der Waals surface area contributed by atoms with Gasteiger partial charge in [0.2, 0.25) is 0 Å². The number of rotatable bonds is 2. The molecule has 0 bridgehead atoms. The van der Waals surface area contributed by atoms with E-state index in [0.717, 1.165) is 0 Å². The van der Waals surface area contributed by atoms with Crippen LogP contribution in [0.15, 0.2) is 18.2 Å². The lowest BCUT2D eigenvalue weighted by Gasteiger charge is -2.41. The Bertz CT molecular complexity index is 488. The van der Waals surface area contributed by atoms with E-state index in [1.54, 1.807) is 36.9 Å². The Morgan fingerprint density at radius 2 is 2.17 bits per heavy atom. The first kappa shape index (κ1) is 13.2. The molecule has 4 nitrogen and oxygen atoms in total. The largest absolute Gasteiger partial charge is 0.476 e. The molecular weight excluding hydrogens is 252 g/mol. The smallest absolute Gasteiger partial charge is 0.270 e. The van der Waals surface area contributed by atoms with Crippen LogP contribution in [0.2, 0.25) is 5.02 Å². The quantitative estimate of drug-likeness (QED) is 0.895. The maximum absolute atomic E-state index is 12.4. The topological polar surface area (TPSA) is 55.6 Å². The van der Waals surface area contributed by atoms with E-state index in [-0.39, 0.29) is 11.9 Å².